The van der Waals surface area contributed by atoms with Gasteiger partial charge in [0.2, 0.25) is 0 Å². The van der Waals surface area contributed by atoms with Gasteiger partial charge in [-0.15, -0.1) is 0 Å². The number of aliphatic hydroxyl groups is 1. The van der Waals surface area contributed by atoms with Gasteiger partial charge in [0.25, 0.3) is 0 Å². The SMILES string of the molecule is Cc1cc2c(cnn2-c2ccc(F)cc2)cc1[C@]12CNC[C@H]1[C@@H]2CO. The number of piperidine rings is 1. The Hall–Kier alpha value is -2.24. The summed E-state index contributed by atoms with van der Waals surface area (Å²) in [4.78, 5) is 0. The number of halogens is 1. The summed E-state index contributed by atoms with van der Waals surface area (Å²) < 4.78 is 15.0. The van der Waals surface area contributed by atoms with Gasteiger partial charge in [-0.05, 0) is 72.8 Å². The Balaban J connectivity index is 1.63. The van der Waals surface area contributed by atoms with Crippen LogP contribution in [0.2, 0.25) is 0 Å². The van der Waals surface area contributed by atoms with E-state index >= 15 is 0 Å². The van der Waals surface area contributed by atoms with Gasteiger partial charge in [0.05, 0.1) is 17.4 Å². The van der Waals surface area contributed by atoms with E-state index < -0.39 is 0 Å². The van der Waals surface area contributed by atoms with Gasteiger partial charge in [-0.2, -0.15) is 5.10 Å². The van der Waals surface area contributed by atoms with Gasteiger partial charge in [0.15, 0.2) is 0 Å². The standard InChI is InChI=1S/C20H20FN3O/c1-12-6-19-13(8-23-24(19)15-4-2-14(21)3-5-15)7-16(12)20-11-22-9-17(20)18(20)10-25/h2-8,17-18,22,25H,9-11H2,1H3/t17-,18-,20+/m0/s1. The quantitative estimate of drug-likeness (QED) is 0.772. The Bertz CT molecular complexity index is 959. The molecule has 25 heavy (non-hydrogen) atoms. The van der Waals surface area contributed by atoms with Gasteiger partial charge >= 0.3 is 0 Å². The molecule has 5 rings (SSSR count). The molecule has 0 spiro atoms. The van der Waals surface area contributed by atoms with Crippen molar-refractivity contribution in [2.24, 2.45) is 11.8 Å². The fourth-order valence-electron chi connectivity index (χ4n) is 4.88. The van der Waals surface area contributed by atoms with Crippen LogP contribution in [0.3, 0.4) is 0 Å². The summed E-state index contributed by atoms with van der Waals surface area (Å²) in [5.41, 5.74) is 4.49. The molecule has 1 aliphatic carbocycles. The maximum Gasteiger partial charge on any atom is 0.123 e. The van der Waals surface area contributed by atoms with E-state index in [-0.39, 0.29) is 17.8 Å². The largest absolute Gasteiger partial charge is 0.396 e. The molecule has 128 valence electrons. The van der Waals surface area contributed by atoms with Crippen LogP contribution in [-0.2, 0) is 5.41 Å². The highest BCUT2D eigenvalue weighted by atomic mass is 19.1. The van der Waals surface area contributed by atoms with Crippen molar-refractivity contribution in [3.8, 4) is 5.69 Å². The fraction of sp³-hybridized carbons (Fsp3) is 0.350. The average Bonchev–Trinajstić information content (AvgIpc) is 2.91. The van der Waals surface area contributed by atoms with E-state index in [1.165, 1.54) is 23.3 Å². The van der Waals surface area contributed by atoms with Crippen LogP contribution >= 0.6 is 0 Å². The Morgan fingerprint density at radius 1 is 1.32 bits per heavy atom. The van der Waals surface area contributed by atoms with Crippen molar-refractivity contribution in [3.05, 3.63) is 59.5 Å². The number of nitrogens with one attached hydrogen (secondary N) is 1. The number of hydrogen-bond donors (Lipinski definition) is 2. The lowest BCUT2D eigenvalue weighted by atomic mass is 9.88. The van der Waals surface area contributed by atoms with Crippen LogP contribution in [0.1, 0.15) is 11.1 Å². The second-order valence-corrected chi connectivity index (χ2v) is 7.33. The van der Waals surface area contributed by atoms with Crippen molar-refractivity contribution in [3.63, 3.8) is 0 Å². The van der Waals surface area contributed by atoms with Crippen molar-refractivity contribution in [1.82, 2.24) is 15.1 Å². The van der Waals surface area contributed by atoms with Crippen LogP contribution in [0.25, 0.3) is 16.6 Å². The molecule has 0 unspecified atom stereocenters. The fourth-order valence-corrected chi connectivity index (χ4v) is 4.88. The van der Waals surface area contributed by atoms with Crippen molar-refractivity contribution < 1.29 is 9.50 Å². The number of rotatable bonds is 3. The number of aromatic nitrogens is 2. The molecule has 4 nitrogen and oxygen atoms in total. The average molecular weight is 337 g/mol. The molecule has 1 saturated heterocycles. The number of benzene rings is 2. The first-order valence-electron chi connectivity index (χ1n) is 8.71. The van der Waals surface area contributed by atoms with E-state index in [0.717, 1.165) is 29.7 Å². The van der Waals surface area contributed by atoms with Gasteiger partial charge in [-0.1, -0.05) is 0 Å². The number of nitrogens with zero attached hydrogens (tertiary/aromatic N) is 2. The smallest absolute Gasteiger partial charge is 0.123 e. The van der Waals surface area contributed by atoms with E-state index in [9.17, 15) is 9.50 Å². The molecule has 1 aromatic heterocycles. The molecule has 2 N–H and O–H groups in total. The predicted octanol–water partition coefficient (Wildman–Crippen LogP) is 2.55. The molecule has 2 aromatic carbocycles. The van der Waals surface area contributed by atoms with Crippen LogP contribution < -0.4 is 5.32 Å². The lowest BCUT2D eigenvalue weighted by Crippen LogP contribution is -2.25. The molecule has 5 heteroatoms. The summed E-state index contributed by atoms with van der Waals surface area (Å²) in [5, 5.41) is 18.8. The zero-order valence-electron chi connectivity index (χ0n) is 14.0. The van der Waals surface area contributed by atoms with Crippen LogP contribution in [0.15, 0.2) is 42.6 Å². The van der Waals surface area contributed by atoms with E-state index in [2.05, 4.69) is 29.5 Å². The van der Waals surface area contributed by atoms with Gasteiger partial charge in [0.1, 0.15) is 5.82 Å². The van der Waals surface area contributed by atoms with E-state index in [1.807, 2.05) is 10.9 Å². The first-order valence-corrected chi connectivity index (χ1v) is 8.71. The van der Waals surface area contributed by atoms with Crippen LogP contribution in [0.4, 0.5) is 4.39 Å². The highest BCUT2D eigenvalue weighted by Crippen LogP contribution is 2.62. The number of fused-ring (bicyclic) bond motifs is 2. The molecule has 3 aromatic rings. The maximum absolute atomic E-state index is 13.2. The topological polar surface area (TPSA) is 50.1 Å². The third-order valence-electron chi connectivity index (χ3n) is 6.17. The van der Waals surface area contributed by atoms with Gasteiger partial charge < -0.3 is 10.4 Å². The molecule has 3 atom stereocenters. The summed E-state index contributed by atoms with van der Waals surface area (Å²) in [5.74, 6) is 0.638. The molecular weight excluding hydrogens is 317 g/mol. The summed E-state index contributed by atoms with van der Waals surface area (Å²) in [6, 6.07) is 10.8. The summed E-state index contributed by atoms with van der Waals surface area (Å²) >= 11 is 0. The molecular formula is C20H20FN3O. The van der Waals surface area contributed by atoms with E-state index in [0.29, 0.717) is 11.8 Å². The molecule has 2 heterocycles. The second-order valence-electron chi connectivity index (χ2n) is 7.33. The molecule has 0 amide bonds. The van der Waals surface area contributed by atoms with Gasteiger partial charge in [-0.25, -0.2) is 9.07 Å². The highest BCUT2D eigenvalue weighted by molar-refractivity contribution is 5.83. The van der Waals surface area contributed by atoms with Gasteiger partial charge in [0, 0.05) is 24.0 Å². The molecule has 1 aliphatic heterocycles. The van der Waals surface area contributed by atoms with Crippen LogP contribution in [-0.4, -0.2) is 34.6 Å². The number of hydrogen-bond acceptors (Lipinski definition) is 3. The van der Waals surface area contributed by atoms with E-state index in [1.54, 1.807) is 12.1 Å². The zero-order chi connectivity index (χ0) is 17.2. The number of aliphatic hydroxyl groups excluding tert-OH is 1. The monoisotopic (exact) mass is 337 g/mol. The van der Waals surface area contributed by atoms with Crippen molar-refractivity contribution in [2.45, 2.75) is 12.3 Å². The Morgan fingerprint density at radius 3 is 2.84 bits per heavy atom. The molecule has 0 radical (unpaired) electrons. The molecule has 2 fully saturated rings. The Morgan fingerprint density at radius 2 is 2.12 bits per heavy atom. The lowest BCUT2D eigenvalue weighted by molar-refractivity contribution is 0.253. The second kappa shape index (κ2) is 5.13. The first-order chi connectivity index (χ1) is 12.1. The highest BCUT2D eigenvalue weighted by Gasteiger charge is 2.67. The van der Waals surface area contributed by atoms with Crippen molar-refractivity contribution in [2.75, 3.05) is 19.7 Å². The van der Waals surface area contributed by atoms with Crippen molar-refractivity contribution >= 4 is 10.9 Å². The zero-order valence-corrected chi connectivity index (χ0v) is 14.0. The minimum atomic E-state index is -0.249. The summed E-state index contributed by atoms with van der Waals surface area (Å²) in [7, 11) is 0. The number of aryl methyl sites for hydroxylation is 1. The predicted molar refractivity (Wildman–Crippen MR) is 94.4 cm³/mol. The van der Waals surface area contributed by atoms with Crippen LogP contribution in [0.5, 0.6) is 0 Å². The third kappa shape index (κ3) is 1.96. The lowest BCUT2D eigenvalue weighted by Gasteiger charge is -2.18. The van der Waals surface area contributed by atoms with Crippen LogP contribution in [0, 0.1) is 24.6 Å². The Kier molecular flexibility index (Phi) is 3.09. The third-order valence-corrected chi connectivity index (χ3v) is 6.17. The molecule has 2 aliphatic rings. The summed E-state index contributed by atoms with van der Waals surface area (Å²) in [6.07, 6.45) is 1.87. The minimum absolute atomic E-state index is 0.0744. The first kappa shape index (κ1) is 15.0. The normalized spacial score (nSPS) is 27.6. The van der Waals surface area contributed by atoms with Crippen molar-refractivity contribution in [1.29, 1.82) is 0 Å². The summed E-state index contributed by atoms with van der Waals surface area (Å²) in [6.45, 7) is 4.30. The maximum atomic E-state index is 13.2. The minimum Gasteiger partial charge on any atom is -0.396 e. The Labute approximate surface area is 145 Å². The molecule has 1 saturated carbocycles. The van der Waals surface area contributed by atoms with E-state index in [4.69, 9.17) is 0 Å². The van der Waals surface area contributed by atoms with Gasteiger partial charge in [-0.3, -0.25) is 0 Å². The molecule has 0 bridgehead atoms.